The molecule has 0 bridgehead atoms. The summed E-state index contributed by atoms with van der Waals surface area (Å²) in [5.41, 5.74) is 2.27. The highest BCUT2D eigenvalue weighted by atomic mass is 16.5. The van der Waals surface area contributed by atoms with E-state index in [0.717, 1.165) is 11.1 Å². The molecule has 10 heteroatoms. The summed E-state index contributed by atoms with van der Waals surface area (Å²) < 4.78 is 19.8. The lowest BCUT2D eigenvalue weighted by atomic mass is 9.84. The lowest BCUT2D eigenvalue weighted by Crippen LogP contribution is -2.26. The van der Waals surface area contributed by atoms with Crippen molar-refractivity contribution in [1.82, 2.24) is 19.4 Å². The van der Waals surface area contributed by atoms with E-state index in [1.54, 1.807) is 19.2 Å². The Kier molecular flexibility index (Phi) is 8.16. The topological polar surface area (TPSA) is 124 Å². The number of benzene rings is 1. The molecule has 0 saturated carbocycles. The molecule has 0 aliphatic heterocycles. The van der Waals surface area contributed by atoms with Gasteiger partial charge in [0, 0.05) is 29.7 Å². The van der Waals surface area contributed by atoms with Crippen LogP contribution in [0.5, 0.6) is 17.4 Å². The van der Waals surface area contributed by atoms with Crippen molar-refractivity contribution in [3.05, 3.63) is 40.5 Å². The molecule has 0 saturated heterocycles. The first-order chi connectivity index (χ1) is 16.6. The molecule has 0 spiro atoms. The highest BCUT2D eigenvalue weighted by molar-refractivity contribution is 5.97. The van der Waals surface area contributed by atoms with E-state index in [0.29, 0.717) is 54.6 Å². The lowest BCUT2D eigenvalue weighted by Gasteiger charge is -2.25. The first-order valence-corrected chi connectivity index (χ1v) is 11.8. The van der Waals surface area contributed by atoms with E-state index < -0.39 is 0 Å². The predicted molar refractivity (Wildman–Crippen MR) is 131 cm³/mol. The molecule has 0 aliphatic rings. The molecule has 0 fully saturated rings. The molecule has 35 heavy (non-hydrogen) atoms. The fourth-order valence-corrected chi connectivity index (χ4v) is 3.73. The largest absolute Gasteiger partial charge is 0.493 e. The normalized spacial score (nSPS) is 11.6. The number of aliphatic hydroxyl groups excluding tert-OH is 1. The maximum Gasteiger partial charge on any atom is 0.242 e. The van der Waals surface area contributed by atoms with Gasteiger partial charge in [0.2, 0.25) is 11.5 Å². The van der Waals surface area contributed by atoms with Gasteiger partial charge in [0.1, 0.15) is 6.54 Å². The van der Waals surface area contributed by atoms with Gasteiger partial charge in [-0.2, -0.15) is 4.52 Å². The number of Topliss-reactive ketones (excluding diaryl/α,β-unsaturated/α-hetero) is 1. The minimum Gasteiger partial charge on any atom is -0.493 e. The van der Waals surface area contributed by atoms with Crippen molar-refractivity contribution >= 4 is 11.4 Å². The van der Waals surface area contributed by atoms with Gasteiger partial charge in [-0.25, -0.2) is 4.68 Å². The van der Waals surface area contributed by atoms with E-state index in [2.05, 4.69) is 10.2 Å². The Morgan fingerprint density at radius 2 is 1.89 bits per heavy atom. The summed E-state index contributed by atoms with van der Waals surface area (Å²) in [4.78, 5) is 13.4. The van der Waals surface area contributed by atoms with Crippen LogP contribution in [0.3, 0.4) is 0 Å². The van der Waals surface area contributed by atoms with Crippen molar-refractivity contribution in [2.24, 2.45) is 0 Å². The lowest BCUT2D eigenvalue weighted by molar-refractivity contribution is 0.0964. The number of carbonyl (C=O) groups is 1. The number of aliphatic hydroxyl groups is 1. The van der Waals surface area contributed by atoms with Crippen LogP contribution in [-0.4, -0.2) is 57.2 Å². The number of carbonyl (C=O) groups excluding carboxylic acids is 1. The second kappa shape index (κ2) is 10.9. The summed E-state index contributed by atoms with van der Waals surface area (Å²) in [6.45, 7) is 10.6. The number of hydrogen-bond acceptors (Lipinski definition) is 8. The molecule has 0 amide bonds. The van der Waals surface area contributed by atoms with Gasteiger partial charge < -0.3 is 19.3 Å². The maximum atomic E-state index is 13.4. The minimum atomic E-state index is -0.316. The molecule has 2 N–H and O–H groups in total. The third-order valence-corrected chi connectivity index (χ3v) is 5.56. The molecule has 2 heterocycles. The highest BCUT2D eigenvalue weighted by Crippen LogP contribution is 2.40. The van der Waals surface area contributed by atoms with Crippen molar-refractivity contribution in [3.63, 3.8) is 0 Å². The molecule has 3 rings (SSSR count). The number of rotatable bonds is 11. The molecular weight excluding hydrogens is 450 g/mol. The molecule has 0 radical (unpaired) electrons. The Balaban J connectivity index is 2.01. The first kappa shape index (κ1) is 26.2. The molecule has 10 nitrogen and oxygen atoms in total. The number of ether oxygens (including phenoxy) is 3. The van der Waals surface area contributed by atoms with Crippen LogP contribution in [0.4, 0.5) is 0 Å². The van der Waals surface area contributed by atoms with Gasteiger partial charge in [-0.05, 0) is 37.0 Å². The number of aromatic nitrogens is 4. The van der Waals surface area contributed by atoms with Crippen LogP contribution in [0.25, 0.3) is 5.65 Å². The summed E-state index contributed by atoms with van der Waals surface area (Å²) in [5.74, 6) is 1.24. The Hall–Kier alpha value is -3.40. The zero-order valence-electron chi connectivity index (χ0n) is 21.3. The Bertz CT molecular complexity index is 1260. The zero-order chi connectivity index (χ0) is 25.8. The molecule has 3 aromatic rings. The second-order valence-corrected chi connectivity index (χ2v) is 9.17. The Labute approximate surface area is 205 Å². The van der Waals surface area contributed by atoms with Crippen LogP contribution < -0.4 is 19.8 Å². The molecule has 0 atom stereocenters. The van der Waals surface area contributed by atoms with Gasteiger partial charge in [0.15, 0.2) is 22.9 Å². The van der Waals surface area contributed by atoms with Crippen molar-refractivity contribution < 1.29 is 24.1 Å². The third-order valence-electron chi connectivity index (χ3n) is 5.56. The molecular formula is C25H35N5O5. The van der Waals surface area contributed by atoms with E-state index in [1.165, 1.54) is 9.20 Å². The van der Waals surface area contributed by atoms with E-state index in [9.17, 15) is 4.79 Å². The van der Waals surface area contributed by atoms with Gasteiger partial charge in [-0.15, -0.1) is 10.2 Å². The van der Waals surface area contributed by atoms with Crippen LogP contribution in [0.15, 0.2) is 18.2 Å². The van der Waals surface area contributed by atoms with E-state index in [-0.39, 0.29) is 30.0 Å². The van der Waals surface area contributed by atoms with Gasteiger partial charge >= 0.3 is 0 Å². The standard InChI is InChI=1S/C25H35N5O5/c1-7-16-14-21-27-29(24(26)30(21)28-23(16)34-8-2)15-19(32)17-12-18(25(3,4)5)22(33-6)20(13-17)35-11-9-10-31/h12-14,26,31H,7-11,15H2,1-6H3. The second-order valence-electron chi connectivity index (χ2n) is 9.17. The van der Waals surface area contributed by atoms with Crippen molar-refractivity contribution in [2.45, 2.75) is 59.4 Å². The summed E-state index contributed by atoms with van der Waals surface area (Å²) in [7, 11) is 1.57. The van der Waals surface area contributed by atoms with Crippen LogP contribution in [-0.2, 0) is 18.4 Å². The van der Waals surface area contributed by atoms with Gasteiger partial charge in [-0.1, -0.05) is 27.7 Å². The van der Waals surface area contributed by atoms with Crippen LogP contribution in [0.2, 0.25) is 0 Å². The SMILES string of the molecule is CCOc1nn2c(=N)n(CC(=O)c3cc(OCCCO)c(OC)c(C(C)(C)C)c3)nc2cc1CC. The number of hydrogen-bond donors (Lipinski definition) is 2. The third kappa shape index (κ3) is 5.64. The first-order valence-electron chi connectivity index (χ1n) is 11.8. The van der Waals surface area contributed by atoms with E-state index in [4.69, 9.17) is 24.7 Å². The smallest absolute Gasteiger partial charge is 0.242 e. The number of nitrogens with zero attached hydrogens (tertiary/aromatic N) is 4. The van der Waals surface area contributed by atoms with Crippen LogP contribution in [0.1, 0.15) is 62.5 Å². The van der Waals surface area contributed by atoms with Gasteiger partial charge in [0.25, 0.3) is 0 Å². The summed E-state index contributed by atoms with van der Waals surface area (Å²) in [6.07, 6.45) is 1.17. The fraction of sp³-hybridized carbons (Fsp3) is 0.520. The number of methoxy groups -OCH3 is 1. The summed E-state index contributed by atoms with van der Waals surface area (Å²) in [5, 5.41) is 26.5. The summed E-state index contributed by atoms with van der Waals surface area (Å²) in [6, 6.07) is 5.28. The summed E-state index contributed by atoms with van der Waals surface area (Å²) >= 11 is 0. The quantitative estimate of drug-likeness (QED) is 0.316. The average molecular weight is 486 g/mol. The van der Waals surface area contributed by atoms with Gasteiger partial charge in [0.05, 0.1) is 20.3 Å². The highest BCUT2D eigenvalue weighted by Gasteiger charge is 2.25. The zero-order valence-corrected chi connectivity index (χ0v) is 21.3. The predicted octanol–water partition coefficient (Wildman–Crippen LogP) is 2.92. The number of aryl methyl sites for hydroxylation is 1. The van der Waals surface area contributed by atoms with E-state index >= 15 is 0 Å². The molecule has 0 aliphatic carbocycles. The monoisotopic (exact) mass is 485 g/mol. The average Bonchev–Trinajstić information content (AvgIpc) is 3.11. The number of ketones is 1. The molecule has 190 valence electrons. The number of nitrogens with one attached hydrogen (secondary N) is 1. The van der Waals surface area contributed by atoms with E-state index in [1.807, 2.05) is 40.7 Å². The minimum absolute atomic E-state index is 0.00264. The number of fused-ring (bicyclic) bond motifs is 1. The van der Waals surface area contributed by atoms with Crippen molar-refractivity contribution in [1.29, 1.82) is 5.41 Å². The molecule has 0 unspecified atom stereocenters. The van der Waals surface area contributed by atoms with Crippen molar-refractivity contribution in [2.75, 3.05) is 26.9 Å². The Morgan fingerprint density at radius 1 is 1.14 bits per heavy atom. The van der Waals surface area contributed by atoms with Crippen LogP contribution in [0, 0.1) is 5.41 Å². The van der Waals surface area contributed by atoms with Gasteiger partial charge in [-0.3, -0.25) is 10.2 Å². The Morgan fingerprint density at radius 3 is 2.49 bits per heavy atom. The molecule has 2 aromatic heterocycles. The van der Waals surface area contributed by atoms with Crippen LogP contribution >= 0.6 is 0 Å². The molecule has 1 aromatic carbocycles. The van der Waals surface area contributed by atoms with Crippen molar-refractivity contribution in [3.8, 4) is 17.4 Å². The fourth-order valence-electron chi connectivity index (χ4n) is 3.73. The maximum absolute atomic E-state index is 13.4.